The largest absolute Gasteiger partial charge is 0.353 e. The summed E-state index contributed by atoms with van der Waals surface area (Å²) in [6, 6.07) is 5.98. The first-order chi connectivity index (χ1) is 12.7. The molecule has 27 heavy (non-hydrogen) atoms. The fraction of sp³-hybridized carbons (Fsp3) is 0.400. The number of nitrogens with one attached hydrogen (secondary N) is 1. The Morgan fingerprint density at radius 1 is 1.19 bits per heavy atom. The molecule has 0 aromatic heterocycles. The number of benzene rings is 1. The molecular formula is C20H26F2N4O. The Hall–Kier alpha value is -2.70. The van der Waals surface area contributed by atoms with Crippen LogP contribution in [0.5, 0.6) is 0 Å². The van der Waals surface area contributed by atoms with Crippen LogP contribution in [0.25, 0.3) is 0 Å². The van der Waals surface area contributed by atoms with E-state index in [1.165, 1.54) is 12.1 Å². The summed E-state index contributed by atoms with van der Waals surface area (Å²) in [6.07, 6.45) is 3.50. The molecule has 0 bridgehead atoms. The van der Waals surface area contributed by atoms with E-state index in [0.29, 0.717) is 43.4 Å². The van der Waals surface area contributed by atoms with Crippen molar-refractivity contribution in [2.75, 3.05) is 31.5 Å². The Bertz CT molecular complexity index is 727. The first-order valence-corrected chi connectivity index (χ1v) is 8.86. The molecule has 1 N–H and O–H groups in total. The second-order valence-electron chi connectivity index (χ2n) is 6.50. The van der Waals surface area contributed by atoms with E-state index in [1.807, 2.05) is 13.0 Å². The second kappa shape index (κ2) is 8.79. The zero-order valence-corrected chi connectivity index (χ0v) is 16.0. The topological polar surface area (TPSA) is 47.9 Å². The van der Waals surface area contributed by atoms with Crippen LogP contribution >= 0.6 is 0 Å². The lowest BCUT2D eigenvalue weighted by molar-refractivity contribution is -0.130. The minimum absolute atomic E-state index is 0.0400. The van der Waals surface area contributed by atoms with Crippen molar-refractivity contribution < 1.29 is 13.6 Å². The predicted molar refractivity (Wildman–Crippen MR) is 105 cm³/mol. The molecule has 1 aromatic rings. The van der Waals surface area contributed by atoms with Gasteiger partial charge in [-0.2, -0.15) is 0 Å². The summed E-state index contributed by atoms with van der Waals surface area (Å²) < 4.78 is 26.7. The lowest BCUT2D eigenvalue weighted by Gasteiger charge is -2.36. The third-order valence-electron chi connectivity index (χ3n) is 4.33. The highest BCUT2D eigenvalue weighted by atomic mass is 19.3. The van der Waals surface area contributed by atoms with Gasteiger partial charge in [-0.05, 0) is 19.1 Å². The Labute approximate surface area is 159 Å². The van der Waals surface area contributed by atoms with Crippen LogP contribution in [0, 0.1) is 0 Å². The number of halogens is 2. The van der Waals surface area contributed by atoms with Crippen molar-refractivity contribution in [1.82, 2.24) is 9.80 Å². The van der Waals surface area contributed by atoms with Crippen molar-refractivity contribution in [3.63, 3.8) is 0 Å². The summed E-state index contributed by atoms with van der Waals surface area (Å²) in [7, 11) is 0. The monoisotopic (exact) mass is 376 g/mol. The van der Waals surface area contributed by atoms with Crippen LogP contribution < -0.4 is 5.32 Å². The fourth-order valence-corrected chi connectivity index (χ4v) is 2.81. The summed E-state index contributed by atoms with van der Waals surface area (Å²) in [5.41, 5.74) is 1.19. The van der Waals surface area contributed by atoms with E-state index in [-0.39, 0.29) is 11.5 Å². The molecule has 0 atom stereocenters. The molecule has 146 valence electrons. The highest BCUT2D eigenvalue weighted by Gasteiger charge is 2.24. The van der Waals surface area contributed by atoms with E-state index in [4.69, 9.17) is 0 Å². The standard InChI is InChI=1S/C20H26F2N4O/c1-5-10-23-19(26-13-11-25(12-14-26)16(3)27)15(2)24-18-8-6-17(7-9-18)20(4,21)22/h5-10,24H,2,11-14H2,1,3-4H3/b10-5-,23-19?. The number of carbonyl (C=O) groups is 1. The van der Waals surface area contributed by atoms with Gasteiger partial charge in [0.1, 0.15) is 0 Å². The van der Waals surface area contributed by atoms with Gasteiger partial charge in [-0.15, -0.1) is 0 Å². The van der Waals surface area contributed by atoms with Gasteiger partial charge in [0.25, 0.3) is 5.92 Å². The molecule has 0 radical (unpaired) electrons. The van der Waals surface area contributed by atoms with Gasteiger partial charge in [0, 0.05) is 57.5 Å². The average molecular weight is 376 g/mol. The van der Waals surface area contributed by atoms with Crippen molar-refractivity contribution in [2.24, 2.45) is 4.99 Å². The Balaban J connectivity index is 2.10. The summed E-state index contributed by atoms with van der Waals surface area (Å²) in [6.45, 7) is 10.9. The van der Waals surface area contributed by atoms with Crippen molar-refractivity contribution in [3.8, 4) is 0 Å². The zero-order valence-electron chi connectivity index (χ0n) is 16.0. The molecular weight excluding hydrogens is 350 g/mol. The van der Waals surface area contributed by atoms with E-state index in [0.717, 1.165) is 6.92 Å². The number of carbonyl (C=O) groups excluding carboxylic acids is 1. The smallest absolute Gasteiger partial charge is 0.270 e. The number of hydrogen-bond donors (Lipinski definition) is 1. The molecule has 1 aliphatic rings. The summed E-state index contributed by atoms with van der Waals surface area (Å²) >= 11 is 0. The maximum Gasteiger partial charge on any atom is 0.270 e. The number of nitrogens with zero attached hydrogens (tertiary/aromatic N) is 3. The highest BCUT2D eigenvalue weighted by Crippen LogP contribution is 2.28. The number of piperazine rings is 1. The fourth-order valence-electron chi connectivity index (χ4n) is 2.81. The summed E-state index contributed by atoms with van der Waals surface area (Å²) in [4.78, 5) is 19.8. The summed E-state index contributed by atoms with van der Waals surface area (Å²) in [5, 5.41) is 3.13. The van der Waals surface area contributed by atoms with E-state index in [9.17, 15) is 13.6 Å². The molecule has 7 heteroatoms. The molecule has 2 rings (SSSR count). The van der Waals surface area contributed by atoms with E-state index in [1.54, 1.807) is 30.2 Å². The van der Waals surface area contributed by atoms with Crippen LogP contribution in [-0.2, 0) is 10.7 Å². The van der Waals surface area contributed by atoms with Crippen molar-refractivity contribution in [3.05, 3.63) is 54.4 Å². The third kappa shape index (κ3) is 5.64. The van der Waals surface area contributed by atoms with E-state index < -0.39 is 5.92 Å². The van der Waals surface area contributed by atoms with Crippen LogP contribution in [0.15, 0.2) is 53.8 Å². The first kappa shape index (κ1) is 20.6. The molecule has 0 spiro atoms. The van der Waals surface area contributed by atoms with Crippen LogP contribution in [-0.4, -0.2) is 47.7 Å². The quantitative estimate of drug-likeness (QED) is 0.628. The third-order valence-corrected chi connectivity index (χ3v) is 4.33. The van der Waals surface area contributed by atoms with Crippen molar-refractivity contribution in [2.45, 2.75) is 26.7 Å². The molecule has 0 saturated carbocycles. The van der Waals surface area contributed by atoms with Crippen LogP contribution in [0.2, 0.25) is 0 Å². The normalized spacial score (nSPS) is 16.0. The number of anilines is 1. The molecule has 1 aliphatic heterocycles. The number of rotatable bonds is 5. The molecule has 1 fully saturated rings. The van der Waals surface area contributed by atoms with Crippen LogP contribution in [0.4, 0.5) is 14.5 Å². The highest BCUT2D eigenvalue weighted by molar-refractivity contribution is 6.00. The zero-order chi connectivity index (χ0) is 20.0. The molecule has 5 nitrogen and oxygen atoms in total. The number of hydrogen-bond acceptors (Lipinski definition) is 3. The minimum Gasteiger partial charge on any atom is -0.353 e. The Morgan fingerprint density at radius 3 is 2.22 bits per heavy atom. The Kier molecular flexibility index (Phi) is 6.71. The lowest BCUT2D eigenvalue weighted by Crippen LogP contribution is -2.50. The first-order valence-electron chi connectivity index (χ1n) is 8.86. The maximum absolute atomic E-state index is 13.3. The van der Waals surface area contributed by atoms with Gasteiger partial charge in [-0.3, -0.25) is 4.79 Å². The van der Waals surface area contributed by atoms with E-state index >= 15 is 0 Å². The van der Waals surface area contributed by atoms with Crippen molar-refractivity contribution >= 4 is 17.4 Å². The van der Waals surface area contributed by atoms with Crippen LogP contribution in [0.3, 0.4) is 0 Å². The van der Waals surface area contributed by atoms with Gasteiger partial charge in [-0.1, -0.05) is 24.8 Å². The summed E-state index contributed by atoms with van der Waals surface area (Å²) in [5.74, 6) is -2.14. The lowest BCUT2D eigenvalue weighted by atomic mass is 10.1. The minimum atomic E-state index is -2.87. The molecule has 0 unspecified atom stereocenters. The average Bonchev–Trinajstić information content (AvgIpc) is 2.62. The molecule has 1 saturated heterocycles. The number of alkyl halides is 2. The van der Waals surface area contributed by atoms with Crippen molar-refractivity contribution in [1.29, 1.82) is 0 Å². The van der Waals surface area contributed by atoms with Gasteiger partial charge >= 0.3 is 0 Å². The van der Waals surface area contributed by atoms with Crippen LogP contribution in [0.1, 0.15) is 26.3 Å². The number of amides is 1. The number of aliphatic imine (C=N–C) groups is 1. The predicted octanol–water partition coefficient (Wildman–Crippen LogP) is 3.82. The maximum atomic E-state index is 13.3. The van der Waals surface area contributed by atoms with Gasteiger partial charge in [0.05, 0.1) is 5.70 Å². The number of allylic oxidation sites excluding steroid dienone is 1. The molecule has 1 heterocycles. The molecule has 0 aliphatic carbocycles. The molecule has 1 amide bonds. The van der Waals surface area contributed by atoms with Gasteiger partial charge in [0.2, 0.25) is 5.91 Å². The number of amidine groups is 1. The SMILES string of the molecule is C=C(Nc1ccc(C(C)(F)F)cc1)C(=N/C=C\C)N1CCN(C(C)=O)CC1. The second-order valence-corrected chi connectivity index (χ2v) is 6.50. The van der Waals surface area contributed by atoms with E-state index in [2.05, 4.69) is 21.8 Å². The molecule has 1 aromatic carbocycles. The Morgan fingerprint density at radius 2 is 1.74 bits per heavy atom. The van der Waals surface area contributed by atoms with Gasteiger partial charge in [0.15, 0.2) is 5.84 Å². The van der Waals surface area contributed by atoms with Gasteiger partial charge in [-0.25, -0.2) is 13.8 Å². The van der Waals surface area contributed by atoms with Gasteiger partial charge < -0.3 is 15.1 Å².